The quantitative estimate of drug-likeness (QED) is 0.733. The molecule has 0 unspecified atom stereocenters. The van der Waals surface area contributed by atoms with Crippen LogP contribution < -0.4 is 5.32 Å². The lowest BCUT2D eigenvalue weighted by molar-refractivity contribution is 1.10. The molecule has 0 spiro atoms. The van der Waals surface area contributed by atoms with E-state index in [-0.39, 0.29) is 0 Å². The van der Waals surface area contributed by atoms with Gasteiger partial charge < -0.3 is 5.32 Å². The summed E-state index contributed by atoms with van der Waals surface area (Å²) in [5, 5.41) is 3.04. The summed E-state index contributed by atoms with van der Waals surface area (Å²) in [7, 11) is 1.89. The van der Waals surface area contributed by atoms with Gasteiger partial charge in [0.1, 0.15) is 5.82 Å². The van der Waals surface area contributed by atoms with Gasteiger partial charge >= 0.3 is 0 Å². The molecule has 0 bridgehead atoms. The Balaban J connectivity index is 2.46. The highest BCUT2D eigenvalue weighted by molar-refractivity contribution is 7.98. The number of pyridine rings is 1. The fourth-order valence-electron chi connectivity index (χ4n) is 1.02. The lowest BCUT2D eigenvalue weighted by atomic mass is 10.4. The summed E-state index contributed by atoms with van der Waals surface area (Å²) < 4.78 is 0. The Hall–Kier alpha value is -0.700. The molecule has 0 saturated heterocycles. The molecule has 3 heteroatoms. The van der Waals surface area contributed by atoms with Crippen molar-refractivity contribution in [3.8, 4) is 0 Å². The van der Waals surface area contributed by atoms with Crippen LogP contribution in [-0.2, 0) is 5.75 Å². The summed E-state index contributed by atoms with van der Waals surface area (Å²) in [5.74, 6) is 3.18. The maximum absolute atomic E-state index is 4.43. The van der Waals surface area contributed by atoms with E-state index in [2.05, 4.69) is 23.3 Å². The van der Waals surface area contributed by atoms with E-state index in [9.17, 15) is 0 Å². The molecule has 0 amide bonds. The normalized spacial score (nSPS) is 10.0. The van der Waals surface area contributed by atoms with Crippen LogP contribution in [-0.4, -0.2) is 17.8 Å². The monoisotopic (exact) mass is 196 g/mol. The minimum Gasteiger partial charge on any atom is -0.373 e. The first-order chi connectivity index (χ1) is 6.36. The molecule has 72 valence electrons. The van der Waals surface area contributed by atoms with Crippen molar-refractivity contribution in [1.82, 2.24) is 4.98 Å². The summed E-state index contributed by atoms with van der Waals surface area (Å²) in [5.41, 5.74) is 1.16. The fraction of sp³-hybridized carbons (Fsp3) is 0.500. The molecule has 0 fully saturated rings. The van der Waals surface area contributed by atoms with Crippen LogP contribution in [0, 0.1) is 0 Å². The molecule has 1 N–H and O–H groups in total. The molecule has 1 heterocycles. The minimum atomic E-state index is 0.953. The van der Waals surface area contributed by atoms with E-state index in [0.29, 0.717) is 0 Å². The van der Waals surface area contributed by atoms with Crippen molar-refractivity contribution >= 4 is 17.6 Å². The lowest BCUT2D eigenvalue weighted by Crippen LogP contribution is -1.94. The first-order valence-corrected chi connectivity index (χ1v) is 5.73. The Kier molecular flexibility index (Phi) is 4.68. The highest BCUT2D eigenvalue weighted by Gasteiger charge is 1.95. The van der Waals surface area contributed by atoms with E-state index in [4.69, 9.17) is 0 Å². The van der Waals surface area contributed by atoms with Crippen molar-refractivity contribution in [3.63, 3.8) is 0 Å². The molecule has 0 saturated carbocycles. The Labute approximate surface area is 84.1 Å². The zero-order chi connectivity index (χ0) is 9.52. The second kappa shape index (κ2) is 5.86. The number of anilines is 1. The zero-order valence-corrected chi connectivity index (χ0v) is 9.03. The largest absolute Gasteiger partial charge is 0.373 e. The van der Waals surface area contributed by atoms with Crippen LogP contribution in [0.4, 0.5) is 5.82 Å². The van der Waals surface area contributed by atoms with Gasteiger partial charge in [-0.3, -0.25) is 0 Å². The van der Waals surface area contributed by atoms with Crippen molar-refractivity contribution < 1.29 is 0 Å². The molecule has 2 nitrogen and oxygen atoms in total. The summed E-state index contributed by atoms with van der Waals surface area (Å²) in [6.07, 6.45) is 1.23. The average molecular weight is 196 g/mol. The van der Waals surface area contributed by atoms with Gasteiger partial charge in [0, 0.05) is 12.8 Å². The standard InChI is InChI=1S/C10H16N2S/c1-3-7-13-8-9-5-4-6-10(11-2)12-9/h4-6H,3,7-8H2,1-2H3,(H,11,12). The van der Waals surface area contributed by atoms with Crippen molar-refractivity contribution in [1.29, 1.82) is 0 Å². The van der Waals surface area contributed by atoms with E-state index >= 15 is 0 Å². The number of thioether (sulfide) groups is 1. The molecular formula is C10H16N2S. The Morgan fingerprint density at radius 3 is 3.00 bits per heavy atom. The second-order valence-electron chi connectivity index (χ2n) is 2.82. The van der Waals surface area contributed by atoms with Crippen molar-refractivity contribution in [2.45, 2.75) is 19.1 Å². The molecule has 1 aromatic rings. The van der Waals surface area contributed by atoms with Crippen LogP contribution in [0.1, 0.15) is 19.0 Å². The number of nitrogens with zero attached hydrogens (tertiary/aromatic N) is 1. The van der Waals surface area contributed by atoms with Crippen molar-refractivity contribution in [2.24, 2.45) is 0 Å². The molecule has 0 aromatic carbocycles. The summed E-state index contributed by atoms with van der Waals surface area (Å²) in [6, 6.07) is 6.10. The van der Waals surface area contributed by atoms with Crippen LogP contribution in [0.3, 0.4) is 0 Å². The van der Waals surface area contributed by atoms with Gasteiger partial charge in [0.05, 0.1) is 5.69 Å². The highest BCUT2D eigenvalue weighted by Crippen LogP contribution is 2.12. The molecule has 13 heavy (non-hydrogen) atoms. The van der Waals surface area contributed by atoms with Crippen molar-refractivity contribution in [3.05, 3.63) is 23.9 Å². The van der Waals surface area contributed by atoms with E-state index in [1.165, 1.54) is 12.2 Å². The maximum atomic E-state index is 4.43. The molecule has 0 radical (unpaired) electrons. The Morgan fingerprint density at radius 1 is 1.46 bits per heavy atom. The molecule has 0 aliphatic carbocycles. The van der Waals surface area contributed by atoms with Gasteiger partial charge in [-0.2, -0.15) is 11.8 Å². The number of rotatable bonds is 5. The third kappa shape index (κ3) is 3.68. The van der Waals surface area contributed by atoms with Gasteiger partial charge in [-0.25, -0.2) is 4.98 Å². The third-order valence-electron chi connectivity index (χ3n) is 1.66. The number of aromatic nitrogens is 1. The Bertz CT molecular complexity index is 250. The van der Waals surface area contributed by atoms with Crippen LogP contribution in [0.15, 0.2) is 18.2 Å². The van der Waals surface area contributed by atoms with Gasteiger partial charge in [0.25, 0.3) is 0 Å². The maximum Gasteiger partial charge on any atom is 0.125 e. The molecule has 1 rings (SSSR count). The van der Waals surface area contributed by atoms with Gasteiger partial charge in [-0.15, -0.1) is 0 Å². The topological polar surface area (TPSA) is 24.9 Å². The highest BCUT2D eigenvalue weighted by atomic mass is 32.2. The van der Waals surface area contributed by atoms with Crippen molar-refractivity contribution in [2.75, 3.05) is 18.1 Å². The van der Waals surface area contributed by atoms with E-state index < -0.39 is 0 Å². The van der Waals surface area contributed by atoms with E-state index in [0.717, 1.165) is 17.3 Å². The number of nitrogens with one attached hydrogen (secondary N) is 1. The SMILES string of the molecule is CCCSCc1cccc(NC)n1. The van der Waals surface area contributed by atoms with Gasteiger partial charge in [-0.05, 0) is 24.3 Å². The predicted octanol–water partition coefficient (Wildman–Crippen LogP) is 2.77. The first-order valence-electron chi connectivity index (χ1n) is 4.58. The number of hydrogen-bond donors (Lipinski definition) is 1. The van der Waals surface area contributed by atoms with Crippen LogP contribution in [0.5, 0.6) is 0 Å². The number of hydrogen-bond acceptors (Lipinski definition) is 3. The van der Waals surface area contributed by atoms with Gasteiger partial charge in [-0.1, -0.05) is 13.0 Å². The van der Waals surface area contributed by atoms with Crippen LogP contribution in [0.25, 0.3) is 0 Å². The molecule has 0 atom stereocenters. The minimum absolute atomic E-state index is 0.953. The van der Waals surface area contributed by atoms with Crippen LogP contribution >= 0.6 is 11.8 Å². The molecule has 0 aliphatic heterocycles. The summed E-state index contributed by atoms with van der Waals surface area (Å²) in [6.45, 7) is 2.20. The molecular weight excluding hydrogens is 180 g/mol. The summed E-state index contributed by atoms with van der Waals surface area (Å²) >= 11 is 1.94. The second-order valence-corrected chi connectivity index (χ2v) is 3.92. The first kappa shape index (κ1) is 10.4. The van der Waals surface area contributed by atoms with Crippen LogP contribution in [0.2, 0.25) is 0 Å². The smallest absolute Gasteiger partial charge is 0.125 e. The lowest BCUT2D eigenvalue weighted by Gasteiger charge is -2.02. The predicted molar refractivity (Wildman–Crippen MR) is 60.2 cm³/mol. The average Bonchev–Trinajstić information content (AvgIpc) is 2.19. The zero-order valence-electron chi connectivity index (χ0n) is 8.21. The fourth-order valence-corrected chi connectivity index (χ4v) is 1.82. The van der Waals surface area contributed by atoms with E-state index in [1.807, 2.05) is 30.9 Å². The molecule has 1 aromatic heterocycles. The van der Waals surface area contributed by atoms with Gasteiger partial charge in [0.15, 0.2) is 0 Å². The third-order valence-corrected chi connectivity index (χ3v) is 2.86. The van der Waals surface area contributed by atoms with E-state index in [1.54, 1.807) is 0 Å². The summed E-state index contributed by atoms with van der Waals surface area (Å²) in [4.78, 5) is 4.43. The Morgan fingerprint density at radius 2 is 2.31 bits per heavy atom. The van der Waals surface area contributed by atoms with Gasteiger partial charge in [0.2, 0.25) is 0 Å². The molecule has 0 aliphatic rings.